The normalized spacial score (nSPS) is 16.9. The predicted molar refractivity (Wildman–Crippen MR) is 43.8 cm³/mol. The Labute approximate surface area is 67.4 Å². The molecule has 0 amide bonds. The van der Waals surface area contributed by atoms with Gasteiger partial charge in [-0.3, -0.25) is 0 Å². The van der Waals surface area contributed by atoms with Gasteiger partial charge in [-0.15, -0.1) is 0 Å². The van der Waals surface area contributed by atoms with Crippen molar-refractivity contribution >= 4 is 22.6 Å². The first-order valence-electron chi connectivity index (χ1n) is 2.54. The third-order valence-corrected chi connectivity index (χ3v) is 1.92. The topological polar surface area (TPSA) is 35.8 Å². The Morgan fingerprint density at radius 3 is 3.00 bits per heavy atom. The maximum atomic E-state index is 8.47. The Morgan fingerprint density at radius 1 is 1.78 bits per heavy atom. The fourth-order valence-electron chi connectivity index (χ4n) is 0.584. The smallest absolute Gasteiger partial charge is 0.100 e. The van der Waals surface area contributed by atoms with E-state index in [0.717, 1.165) is 15.7 Å². The lowest BCUT2D eigenvalue weighted by Crippen LogP contribution is -2.09. The van der Waals surface area contributed by atoms with Crippen LogP contribution in [-0.2, 0) is 0 Å². The zero-order valence-electron chi connectivity index (χ0n) is 4.69. The molecule has 0 saturated carbocycles. The molecule has 0 unspecified atom stereocenters. The minimum absolute atomic E-state index is 0.773. The highest BCUT2D eigenvalue weighted by Crippen LogP contribution is 2.17. The molecule has 3 heteroatoms. The number of rotatable bonds is 0. The molecule has 2 nitrogen and oxygen atoms in total. The van der Waals surface area contributed by atoms with Crippen LogP contribution in [0.2, 0.25) is 0 Å². The van der Waals surface area contributed by atoms with E-state index in [1.54, 1.807) is 0 Å². The van der Waals surface area contributed by atoms with Crippen LogP contribution in [0.4, 0.5) is 0 Å². The van der Waals surface area contributed by atoms with Crippen molar-refractivity contribution in [2.45, 2.75) is 0 Å². The van der Waals surface area contributed by atoms with Gasteiger partial charge in [0.15, 0.2) is 0 Å². The van der Waals surface area contributed by atoms with Crippen LogP contribution in [0.1, 0.15) is 0 Å². The van der Waals surface area contributed by atoms with Gasteiger partial charge in [0, 0.05) is 16.3 Å². The summed E-state index contributed by atoms with van der Waals surface area (Å²) >= 11 is 2.13. The largest absolute Gasteiger partial charge is 0.386 e. The number of nitrogens with one attached hydrogen (secondary N) is 1. The summed E-state index contributed by atoms with van der Waals surface area (Å²) in [4.78, 5) is 0. The van der Waals surface area contributed by atoms with Crippen LogP contribution >= 0.6 is 22.6 Å². The minimum atomic E-state index is 0.773. The Bertz CT molecular complexity index is 210. The van der Waals surface area contributed by atoms with Gasteiger partial charge in [-0.2, -0.15) is 5.26 Å². The molecule has 0 aromatic heterocycles. The Hall–Kier alpha value is -0.500. The number of allylic oxidation sites excluding steroid dienone is 2. The van der Waals surface area contributed by atoms with Gasteiger partial charge in [-0.25, -0.2) is 0 Å². The van der Waals surface area contributed by atoms with Crippen LogP contribution < -0.4 is 5.32 Å². The van der Waals surface area contributed by atoms with Crippen LogP contribution in [0.25, 0.3) is 0 Å². The van der Waals surface area contributed by atoms with Crippen molar-refractivity contribution in [3.63, 3.8) is 0 Å². The van der Waals surface area contributed by atoms with Crippen molar-refractivity contribution in [2.24, 2.45) is 0 Å². The van der Waals surface area contributed by atoms with Crippen LogP contribution in [-0.4, -0.2) is 6.54 Å². The minimum Gasteiger partial charge on any atom is -0.386 e. The van der Waals surface area contributed by atoms with Crippen molar-refractivity contribution in [3.8, 4) is 6.07 Å². The summed E-state index contributed by atoms with van der Waals surface area (Å²) in [6.07, 6.45) is 3.72. The number of dihydropyridines is 1. The molecule has 0 fully saturated rings. The van der Waals surface area contributed by atoms with Gasteiger partial charge in [0.25, 0.3) is 0 Å². The van der Waals surface area contributed by atoms with Crippen molar-refractivity contribution in [1.82, 2.24) is 5.32 Å². The third-order valence-electron chi connectivity index (χ3n) is 1.03. The molecular formula is C6H5IN2. The van der Waals surface area contributed by atoms with E-state index < -0.39 is 0 Å². The lowest BCUT2D eigenvalue weighted by molar-refractivity contribution is 0.963. The molecule has 0 spiro atoms. The summed E-state index contributed by atoms with van der Waals surface area (Å²) in [6.45, 7) is 0.773. The van der Waals surface area contributed by atoms with E-state index in [1.165, 1.54) is 0 Å². The number of hydrogen-bond donors (Lipinski definition) is 1. The summed E-state index contributed by atoms with van der Waals surface area (Å²) in [5.74, 6) is 0. The van der Waals surface area contributed by atoms with Gasteiger partial charge in [0.2, 0.25) is 0 Å². The molecule has 1 aliphatic rings. The van der Waals surface area contributed by atoms with E-state index in [2.05, 4.69) is 34.0 Å². The second-order valence-corrected chi connectivity index (χ2v) is 2.79. The van der Waals surface area contributed by atoms with Crippen LogP contribution in [0.3, 0.4) is 0 Å². The summed E-state index contributed by atoms with van der Waals surface area (Å²) < 4.78 is 0.987. The second kappa shape index (κ2) is 2.87. The van der Waals surface area contributed by atoms with E-state index in [9.17, 15) is 0 Å². The zero-order chi connectivity index (χ0) is 6.69. The molecule has 0 aliphatic carbocycles. The zero-order valence-corrected chi connectivity index (χ0v) is 6.84. The fraction of sp³-hybridized carbons (Fsp3) is 0.167. The van der Waals surface area contributed by atoms with Crippen LogP contribution in [0.15, 0.2) is 21.4 Å². The molecule has 1 heterocycles. The molecule has 0 atom stereocenters. The van der Waals surface area contributed by atoms with Crippen LogP contribution in [0, 0.1) is 11.3 Å². The molecule has 9 heavy (non-hydrogen) atoms. The molecule has 0 aromatic carbocycles. The number of halogens is 1. The summed E-state index contributed by atoms with van der Waals surface area (Å²) in [5, 5.41) is 11.5. The average Bonchev–Trinajstić information content (AvgIpc) is 1.89. The number of nitriles is 1. The third kappa shape index (κ3) is 1.45. The first kappa shape index (κ1) is 6.62. The molecule has 0 radical (unpaired) electrons. The number of hydrogen-bond acceptors (Lipinski definition) is 2. The standard InChI is InChI=1S/C6H5IN2/c7-6-4-9-2-1-5(6)3-8/h1,4,9H,2H2. The maximum absolute atomic E-state index is 8.47. The van der Waals surface area contributed by atoms with E-state index >= 15 is 0 Å². The summed E-state index contributed by atoms with van der Waals surface area (Å²) in [7, 11) is 0. The molecule has 1 aliphatic heterocycles. The molecule has 46 valence electrons. The first-order chi connectivity index (χ1) is 4.34. The van der Waals surface area contributed by atoms with Gasteiger partial charge in [0.1, 0.15) is 6.07 Å². The van der Waals surface area contributed by atoms with Crippen LogP contribution in [0.5, 0.6) is 0 Å². The van der Waals surface area contributed by atoms with Gasteiger partial charge in [-0.1, -0.05) is 0 Å². The Balaban J connectivity index is 2.83. The molecule has 0 saturated heterocycles. The molecule has 0 aromatic rings. The van der Waals surface area contributed by atoms with Gasteiger partial charge < -0.3 is 5.32 Å². The molecular weight excluding hydrogens is 227 g/mol. The van der Waals surface area contributed by atoms with E-state index in [0.29, 0.717) is 0 Å². The highest BCUT2D eigenvalue weighted by atomic mass is 127. The highest BCUT2D eigenvalue weighted by molar-refractivity contribution is 14.1. The monoisotopic (exact) mass is 232 g/mol. The van der Waals surface area contributed by atoms with E-state index in [1.807, 2.05) is 12.3 Å². The Kier molecular flexibility index (Phi) is 2.11. The van der Waals surface area contributed by atoms with E-state index in [4.69, 9.17) is 5.26 Å². The molecule has 0 bridgehead atoms. The predicted octanol–water partition coefficient (Wildman–Crippen LogP) is 1.32. The fourth-order valence-corrected chi connectivity index (χ4v) is 1.14. The lowest BCUT2D eigenvalue weighted by Gasteiger charge is -2.04. The maximum Gasteiger partial charge on any atom is 0.100 e. The van der Waals surface area contributed by atoms with Gasteiger partial charge >= 0.3 is 0 Å². The van der Waals surface area contributed by atoms with Gasteiger partial charge in [-0.05, 0) is 28.7 Å². The van der Waals surface area contributed by atoms with E-state index in [-0.39, 0.29) is 0 Å². The Morgan fingerprint density at radius 2 is 2.56 bits per heavy atom. The second-order valence-electron chi connectivity index (χ2n) is 1.63. The molecule has 1 N–H and O–H groups in total. The summed E-state index contributed by atoms with van der Waals surface area (Å²) in [6, 6.07) is 2.10. The molecule has 1 rings (SSSR count). The summed E-state index contributed by atoms with van der Waals surface area (Å²) in [5.41, 5.74) is 0.773. The quantitative estimate of drug-likeness (QED) is 0.639. The van der Waals surface area contributed by atoms with Gasteiger partial charge in [0.05, 0.1) is 5.57 Å². The highest BCUT2D eigenvalue weighted by Gasteiger charge is 2.01. The first-order valence-corrected chi connectivity index (χ1v) is 3.62. The van der Waals surface area contributed by atoms with Crippen molar-refractivity contribution in [2.75, 3.05) is 6.54 Å². The SMILES string of the molecule is N#CC1=CCNC=C1I. The van der Waals surface area contributed by atoms with Crippen molar-refractivity contribution in [3.05, 3.63) is 21.4 Å². The average molecular weight is 232 g/mol. The number of nitrogens with zero attached hydrogens (tertiary/aromatic N) is 1. The lowest BCUT2D eigenvalue weighted by atomic mass is 10.2. The van der Waals surface area contributed by atoms with Crippen molar-refractivity contribution < 1.29 is 0 Å². The van der Waals surface area contributed by atoms with Crippen molar-refractivity contribution in [1.29, 1.82) is 5.26 Å².